The largest absolute Gasteiger partial charge is 0.391 e. The molecule has 2 atom stereocenters. The van der Waals surface area contributed by atoms with Crippen LogP contribution in [-0.4, -0.2) is 16.2 Å². The van der Waals surface area contributed by atoms with Gasteiger partial charge < -0.3 is 15.8 Å². The van der Waals surface area contributed by atoms with E-state index in [1.807, 2.05) is 30.5 Å². The lowest BCUT2D eigenvalue weighted by Gasteiger charge is -2.14. The lowest BCUT2D eigenvalue weighted by atomic mass is 10.0. The van der Waals surface area contributed by atoms with Crippen LogP contribution in [-0.2, 0) is 0 Å². The van der Waals surface area contributed by atoms with Crippen molar-refractivity contribution in [3.8, 4) is 0 Å². The lowest BCUT2D eigenvalue weighted by Crippen LogP contribution is -2.22. The standard InChI is InChI=1S/C11H14N2O/c1-7(14)11(12)9-2-3-10-8(6-9)4-5-13-10/h2-7,11,13-14H,12H2,1H3/t7?,11-/m1/s1. The van der Waals surface area contributed by atoms with Crippen molar-refractivity contribution in [1.29, 1.82) is 0 Å². The molecule has 0 saturated carbocycles. The van der Waals surface area contributed by atoms with Gasteiger partial charge in [0.25, 0.3) is 0 Å². The highest BCUT2D eigenvalue weighted by Gasteiger charge is 2.11. The van der Waals surface area contributed by atoms with Gasteiger partial charge in [-0.1, -0.05) is 6.07 Å². The maximum absolute atomic E-state index is 9.36. The fourth-order valence-corrected chi connectivity index (χ4v) is 1.56. The number of aromatic amines is 1. The Morgan fingerprint density at radius 1 is 1.36 bits per heavy atom. The van der Waals surface area contributed by atoms with Gasteiger partial charge in [0.2, 0.25) is 0 Å². The first-order valence-electron chi connectivity index (χ1n) is 4.69. The zero-order valence-corrected chi connectivity index (χ0v) is 8.07. The maximum atomic E-state index is 9.36. The summed E-state index contributed by atoms with van der Waals surface area (Å²) in [4.78, 5) is 3.11. The smallest absolute Gasteiger partial charge is 0.0704 e. The summed E-state index contributed by atoms with van der Waals surface area (Å²) in [5.41, 5.74) is 7.89. The van der Waals surface area contributed by atoms with Crippen LogP contribution in [0.3, 0.4) is 0 Å². The molecular formula is C11H14N2O. The Morgan fingerprint density at radius 3 is 2.86 bits per heavy atom. The Balaban J connectivity index is 2.43. The van der Waals surface area contributed by atoms with Crippen molar-refractivity contribution < 1.29 is 5.11 Å². The molecule has 1 aromatic heterocycles. The Hall–Kier alpha value is -1.32. The molecule has 14 heavy (non-hydrogen) atoms. The first-order chi connectivity index (χ1) is 6.68. The number of H-pyrrole nitrogens is 1. The summed E-state index contributed by atoms with van der Waals surface area (Å²) in [6.07, 6.45) is 1.37. The number of fused-ring (bicyclic) bond motifs is 1. The molecule has 0 aliphatic heterocycles. The monoisotopic (exact) mass is 190 g/mol. The van der Waals surface area contributed by atoms with E-state index in [2.05, 4.69) is 4.98 Å². The summed E-state index contributed by atoms with van der Waals surface area (Å²) < 4.78 is 0. The lowest BCUT2D eigenvalue weighted by molar-refractivity contribution is 0.164. The Kier molecular flexibility index (Phi) is 2.27. The average molecular weight is 190 g/mol. The summed E-state index contributed by atoms with van der Waals surface area (Å²) in [5, 5.41) is 10.5. The van der Waals surface area contributed by atoms with Crippen molar-refractivity contribution in [2.75, 3.05) is 0 Å². The number of aliphatic hydroxyl groups excluding tert-OH is 1. The third-order valence-corrected chi connectivity index (χ3v) is 2.48. The number of aliphatic hydroxyl groups is 1. The molecular weight excluding hydrogens is 176 g/mol. The number of benzene rings is 1. The molecule has 1 heterocycles. The second-order valence-corrected chi connectivity index (χ2v) is 3.59. The van der Waals surface area contributed by atoms with Crippen LogP contribution in [0.4, 0.5) is 0 Å². The van der Waals surface area contributed by atoms with E-state index in [-0.39, 0.29) is 6.04 Å². The SMILES string of the molecule is CC(O)[C@@H](N)c1ccc2[nH]ccc2c1. The highest BCUT2D eigenvalue weighted by Crippen LogP contribution is 2.20. The van der Waals surface area contributed by atoms with Gasteiger partial charge >= 0.3 is 0 Å². The van der Waals surface area contributed by atoms with Crippen LogP contribution in [0.25, 0.3) is 10.9 Å². The molecule has 0 fully saturated rings. The fourth-order valence-electron chi connectivity index (χ4n) is 1.56. The average Bonchev–Trinajstić information content (AvgIpc) is 2.62. The zero-order valence-electron chi connectivity index (χ0n) is 8.07. The molecule has 2 aromatic rings. The molecule has 0 bridgehead atoms. The predicted octanol–water partition coefficient (Wildman–Crippen LogP) is 1.55. The van der Waals surface area contributed by atoms with Gasteiger partial charge in [-0.05, 0) is 36.1 Å². The molecule has 0 aliphatic carbocycles. The number of hydrogen-bond donors (Lipinski definition) is 3. The number of nitrogens with one attached hydrogen (secondary N) is 1. The van der Waals surface area contributed by atoms with E-state index in [1.165, 1.54) is 0 Å². The molecule has 3 heteroatoms. The van der Waals surface area contributed by atoms with E-state index in [1.54, 1.807) is 6.92 Å². The van der Waals surface area contributed by atoms with Crippen molar-refractivity contribution in [2.45, 2.75) is 19.1 Å². The Morgan fingerprint density at radius 2 is 2.14 bits per heavy atom. The molecule has 0 spiro atoms. The number of aromatic nitrogens is 1. The Labute approximate surface area is 82.6 Å². The molecule has 74 valence electrons. The van der Waals surface area contributed by atoms with E-state index >= 15 is 0 Å². The van der Waals surface area contributed by atoms with Crippen molar-refractivity contribution in [3.63, 3.8) is 0 Å². The second-order valence-electron chi connectivity index (χ2n) is 3.59. The third kappa shape index (κ3) is 1.52. The molecule has 4 N–H and O–H groups in total. The van der Waals surface area contributed by atoms with Crippen LogP contribution >= 0.6 is 0 Å². The molecule has 0 aliphatic rings. The summed E-state index contributed by atoms with van der Waals surface area (Å²) in [6, 6.07) is 7.61. The normalized spacial score (nSPS) is 15.6. The van der Waals surface area contributed by atoms with Gasteiger partial charge in [-0.25, -0.2) is 0 Å². The van der Waals surface area contributed by atoms with Crippen LogP contribution in [0.15, 0.2) is 30.5 Å². The topological polar surface area (TPSA) is 62.0 Å². The first kappa shape index (κ1) is 9.24. The Bertz CT molecular complexity index is 434. The summed E-state index contributed by atoms with van der Waals surface area (Å²) >= 11 is 0. The summed E-state index contributed by atoms with van der Waals surface area (Å²) in [6.45, 7) is 1.70. The van der Waals surface area contributed by atoms with Gasteiger partial charge in [0.1, 0.15) is 0 Å². The molecule has 0 saturated heterocycles. The minimum absolute atomic E-state index is 0.311. The molecule has 0 radical (unpaired) electrons. The highest BCUT2D eigenvalue weighted by molar-refractivity contribution is 5.80. The van der Waals surface area contributed by atoms with Crippen LogP contribution < -0.4 is 5.73 Å². The summed E-state index contributed by atoms with van der Waals surface area (Å²) in [5.74, 6) is 0. The van der Waals surface area contributed by atoms with E-state index in [4.69, 9.17) is 5.73 Å². The zero-order chi connectivity index (χ0) is 10.1. The minimum Gasteiger partial charge on any atom is -0.391 e. The van der Waals surface area contributed by atoms with Gasteiger partial charge in [-0.15, -0.1) is 0 Å². The molecule has 1 aromatic carbocycles. The van der Waals surface area contributed by atoms with E-state index in [0.717, 1.165) is 16.5 Å². The maximum Gasteiger partial charge on any atom is 0.0704 e. The van der Waals surface area contributed by atoms with E-state index in [9.17, 15) is 5.11 Å². The first-order valence-corrected chi connectivity index (χ1v) is 4.69. The van der Waals surface area contributed by atoms with Crippen LogP contribution in [0, 0.1) is 0 Å². The minimum atomic E-state index is -0.522. The number of nitrogens with two attached hydrogens (primary N) is 1. The fraction of sp³-hybridized carbons (Fsp3) is 0.273. The molecule has 2 rings (SSSR count). The van der Waals surface area contributed by atoms with Crippen molar-refractivity contribution >= 4 is 10.9 Å². The van der Waals surface area contributed by atoms with E-state index < -0.39 is 6.10 Å². The third-order valence-electron chi connectivity index (χ3n) is 2.48. The van der Waals surface area contributed by atoms with Crippen LogP contribution in [0.1, 0.15) is 18.5 Å². The molecule has 1 unspecified atom stereocenters. The number of rotatable bonds is 2. The van der Waals surface area contributed by atoms with Crippen LogP contribution in [0.2, 0.25) is 0 Å². The van der Waals surface area contributed by atoms with Gasteiger partial charge in [-0.3, -0.25) is 0 Å². The van der Waals surface area contributed by atoms with Gasteiger partial charge in [0.05, 0.1) is 12.1 Å². The molecule has 3 nitrogen and oxygen atoms in total. The van der Waals surface area contributed by atoms with Crippen molar-refractivity contribution in [2.24, 2.45) is 5.73 Å². The van der Waals surface area contributed by atoms with E-state index in [0.29, 0.717) is 0 Å². The van der Waals surface area contributed by atoms with Gasteiger partial charge in [0.15, 0.2) is 0 Å². The van der Waals surface area contributed by atoms with Gasteiger partial charge in [0, 0.05) is 11.7 Å². The second kappa shape index (κ2) is 3.44. The quantitative estimate of drug-likeness (QED) is 0.672. The van der Waals surface area contributed by atoms with Crippen molar-refractivity contribution in [3.05, 3.63) is 36.0 Å². The van der Waals surface area contributed by atoms with Gasteiger partial charge in [-0.2, -0.15) is 0 Å². The van der Waals surface area contributed by atoms with Crippen LogP contribution in [0.5, 0.6) is 0 Å². The molecule has 0 amide bonds. The van der Waals surface area contributed by atoms with Crippen molar-refractivity contribution in [1.82, 2.24) is 4.98 Å². The summed E-state index contributed by atoms with van der Waals surface area (Å²) in [7, 11) is 0. The highest BCUT2D eigenvalue weighted by atomic mass is 16.3. The number of hydrogen-bond acceptors (Lipinski definition) is 2. The predicted molar refractivity (Wildman–Crippen MR) is 56.9 cm³/mol.